The number of aromatic nitrogens is 1. The predicted molar refractivity (Wildman–Crippen MR) is 91.2 cm³/mol. The van der Waals surface area contributed by atoms with Gasteiger partial charge in [-0.2, -0.15) is 0 Å². The van der Waals surface area contributed by atoms with Crippen molar-refractivity contribution in [2.24, 2.45) is 5.92 Å². The van der Waals surface area contributed by atoms with Gasteiger partial charge < -0.3 is 15.0 Å². The molecule has 0 saturated carbocycles. The lowest BCUT2D eigenvalue weighted by molar-refractivity contribution is 0.340. The normalized spacial score (nSPS) is 10.9. The van der Waals surface area contributed by atoms with Gasteiger partial charge in [0.2, 0.25) is 0 Å². The molecule has 118 valence electrons. The average molecular weight is 300 g/mol. The molecule has 2 rings (SSSR count). The van der Waals surface area contributed by atoms with Crippen molar-refractivity contribution in [2.75, 3.05) is 12.3 Å². The van der Waals surface area contributed by atoms with Crippen LogP contribution in [0, 0.1) is 5.92 Å². The Balaban J connectivity index is 2.47. The largest absolute Gasteiger partial charge is 0.494 e. The van der Waals surface area contributed by atoms with Crippen molar-refractivity contribution in [1.29, 1.82) is 0 Å². The Labute approximate surface area is 131 Å². The van der Waals surface area contributed by atoms with E-state index in [4.69, 9.17) is 10.5 Å². The predicted octanol–water partition coefficient (Wildman–Crippen LogP) is 3.54. The third-order valence-corrected chi connectivity index (χ3v) is 3.57. The lowest BCUT2D eigenvalue weighted by Crippen LogP contribution is -2.24. The molecule has 0 spiro atoms. The van der Waals surface area contributed by atoms with E-state index in [9.17, 15) is 4.79 Å². The molecule has 2 N–H and O–H groups in total. The van der Waals surface area contributed by atoms with E-state index in [1.54, 1.807) is 10.6 Å². The summed E-state index contributed by atoms with van der Waals surface area (Å²) >= 11 is 0. The number of hydrogen-bond acceptors (Lipinski definition) is 3. The van der Waals surface area contributed by atoms with Crippen LogP contribution in [-0.2, 0) is 6.54 Å². The van der Waals surface area contributed by atoms with E-state index >= 15 is 0 Å². The minimum absolute atomic E-state index is 0.125. The maximum absolute atomic E-state index is 12.4. The number of ether oxygens (including phenoxy) is 1. The van der Waals surface area contributed by atoms with Gasteiger partial charge >= 0.3 is 0 Å². The lowest BCUT2D eigenvalue weighted by atomic mass is 10.1. The van der Waals surface area contributed by atoms with Crippen molar-refractivity contribution in [3.8, 4) is 17.0 Å². The molecule has 1 aromatic heterocycles. The number of rotatable bonds is 6. The van der Waals surface area contributed by atoms with Gasteiger partial charge in [-0.15, -0.1) is 0 Å². The van der Waals surface area contributed by atoms with Crippen LogP contribution < -0.4 is 16.0 Å². The van der Waals surface area contributed by atoms with Gasteiger partial charge in [-0.1, -0.05) is 26.0 Å². The summed E-state index contributed by atoms with van der Waals surface area (Å²) in [6, 6.07) is 11.4. The molecule has 0 aliphatic heterocycles. The molecule has 0 atom stereocenters. The van der Waals surface area contributed by atoms with Crippen molar-refractivity contribution >= 4 is 5.69 Å². The molecule has 0 fully saturated rings. The van der Waals surface area contributed by atoms with Crippen LogP contribution in [0.5, 0.6) is 5.75 Å². The summed E-state index contributed by atoms with van der Waals surface area (Å²) < 4.78 is 7.31. The molecule has 4 nitrogen and oxygen atoms in total. The Kier molecular flexibility index (Phi) is 5.26. The third-order valence-electron chi connectivity index (χ3n) is 3.57. The zero-order valence-electron chi connectivity index (χ0n) is 13.5. The average Bonchev–Trinajstić information content (AvgIpc) is 2.49. The molecule has 0 saturated heterocycles. The molecule has 0 amide bonds. The van der Waals surface area contributed by atoms with E-state index in [1.165, 1.54) is 0 Å². The Morgan fingerprint density at radius 3 is 2.68 bits per heavy atom. The first-order valence-corrected chi connectivity index (χ1v) is 7.75. The minimum atomic E-state index is -0.125. The smallest absolute Gasteiger partial charge is 0.274 e. The quantitative estimate of drug-likeness (QED) is 0.887. The number of nitrogen functional groups attached to an aromatic ring is 1. The van der Waals surface area contributed by atoms with Crippen LogP contribution in [-0.4, -0.2) is 11.2 Å². The topological polar surface area (TPSA) is 57.2 Å². The van der Waals surface area contributed by atoms with E-state index in [-0.39, 0.29) is 11.2 Å². The highest BCUT2D eigenvalue weighted by molar-refractivity contribution is 5.63. The number of anilines is 1. The monoisotopic (exact) mass is 300 g/mol. The second-order valence-corrected chi connectivity index (χ2v) is 5.77. The van der Waals surface area contributed by atoms with Crippen LogP contribution in [0.4, 0.5) is 5.69 Å². The van der Waals surface area contributed by atoms with Gasteiger partial charge in [0.1, 0.15) is 5.75 Å². The maximum Gasteiger partial charge on any atom is 0.274 e. The van der Waals surface area contributed by atoms with Gasteiger partial charge in [-0.3, -0.25) is 4.79 Å². The summed E-state index contributed by atoms with van der Waals surface area (Å²) in [6.07, 6.45) is 0.932. The van der Waals surface area contributed by atoms with Crippen molar-refractivity contribution in [3.05, 3.63) is 46.8 Å². The first kappa shape index (κ1) is 16.1. The number of hydrogen-bond donors (Lipinski definition) is 1. The first-order chi connectivity index (χ1) is 10.5. The number of benzene rings is 1. The van der Waals surface area contributed by atoms with Crippen LogP contribution in [0.15, 0.2) is 41.2 Å². The molecule has 0 aliphatic rings. The van der Waals surface area contributed by atoms with Gasteiger partial charge in [-0.25, -0.2) is 0 Å². The molecule has 0 unspecified atom stereocenters. The van der Waals surface area contributed by atoms with Crippen molar-refractivity contribution in [3.63, 3.8) is 0 Å². The molecule has 4 heteroatoms. The van der Waals surface area contributed by atoms with Crippen LogP contribution in [0.1, 0.15) is 27.2 Å². The standard InChI is InChI=1S/C18H24N2O2/c1-4-22-15-7-5-6-14(12-15)17-9-8-16(19)18(21)20(17)11-10-13(2)3/h5-9,12-13H,4,10-11,19H2,1-3H3. The summed E-state index contributed by atoms with van der Waals surface area (Å²) in [4.78, 5) is 12.4. The molecular weight excluding hydrogens is 276 g/mol. The molecular formula is C18H24N2O2. The highest BCUT2D eigenvalue weighted by Crippen LogP contribution is 2.24. The summed E-state index contributed by atoms with van der Waals surface area (Å²) in [5.41, 5.74) is 7.80. The van der Waals surface area contributed by atoms with Gasteiger partial charge in [0.15, 0.2) is 0 Å². The molecule has 0 radical (unpaired) electrons. The van der Waals surface area contributed by atoms with Crippen LogP contribution in [0.3, 0.4) is 0 Å². The zero-order chi connectivity index (χ0) is 16.1. The Morgan fingerprint density at radius 1 is 1.23 bits per heavy atom. The SMILES string of the molecule is CCOc1cccc(-c2ccc(N)c(=O)n2CCC(C)C)c1. The fourth-order valence-corrected chi connectivity index (χ4v) is 2.37. The molecule has 22 heavy (non-hydrogen) atoms. The Bertz CT molecular complexity index is 690. The van der Waals surface area contributed by atoms with Gasteiger partial charge in [-0.05, 0) is 43.5 Å². The van der Waals surface area contributed by atoms with Crippen molar-refractivity contribution < 1.29 is 4.74 Å². The zero-order valence-corrected chi connectivity index (χ0v) is 13.5. The van der Waals surface area contributed by atoms with Crippen LogP contribution in [0.25, 0.3) is 11.3 Å². The third kappa shape index (κ3) is 3.70. The molecule has 0 aliphatic carbocycles. The Morgan fingerprint density at radius 2 is 2.00 bits per heavy atom. The highest BCUT2D eigenvalue weighted by atomic mass is 16.5. The second kappa shape index (κ2) is 7.16. The first-order valence-electron chi connectivity index (χ1n) is 7.75. The molecule has 0 bridgehead atoms. The van der Waals surface area contributed by atoms with E-state index in [0.29, 0.717) is 19.1 Å². The maximum atomic E-state index is 12.4. The fourth-order valence-electron chi connectivity index (χ4n) is 2.37. The van der Waals surface area contributed by atoms with Gasteiger partial charge in [0.05, 0.1) is 18.0 Å². The number of pyridine rings is 1. The summed E-state index contributed by atoms with van der Waals surface area (Å²) in [5, 5.41) is 0. The molecule has 1 heterocycles. The van der Waals surface area contributed by atoms with Crippen LogP contribution >= 0.6 is 0 Å². The van der Waals surface area contributed by atoms with Gasteiger partial charge in [0, 0.05) is 12.1 Å². The number of nitrogens with two attached hydrogens (primary N) is 1. The van der Waals surface area contributed by atoms with Crippen molar-refractivity contribution in [2.45, 2.75) is 33.7 Å². The summed E-state index contributed by atoms with van der Waals surface area (Å²) in [7, 11) is 0. The van der Waals surface area contributed by atoms with Gasteiger partial charge in [0.25, 0.3) is 5.56 Å². The Hall–Kier alpha value is -2.23. The second-order valence-electron chi connectivity index (χ2n) is 5.77. The minimum Gasteiger partial charge on any atom is -0.494 e. The van der Waals surface area contributed by atoms with E-state index in [0.717, 1.165) is 23.4 Å². The summed E-state index contributed by atoms with van der Waals surface area (Å²) in [5.74, 6) is 1.33. The fraction of sp³-hybridized carbons (Fsp3) is 0.389. The molecule has 1 aromatic carbocycles. The van der Waals surface area contributed by atoms with E-state index in [2.05, 4.69) is 13.8 Å². The number of nitrogens with zero attached hydrogens (tertiary/aromatic N) is 1. The summed E-state index contributed by atoms with van der Waals surface area (Å²) in [6.45, 7) is 7.52. The van der Waals surface area contributed by atoms with E-state index < -0.39 is 0 Å². The van der Waals surface area contributed by atoms with Crippen LogP contribution in [0.2, 0.25) is 0 Å². The lowest BCUT2D eigenvalue weighted by Gasteiger charge is -2.15. The van der Waals surface area contributed by atoms with E-state index in [1.807, 2.05) is 37.3 Å². The highest BCUT2D eigenvalue weighted by Gasteiger charge is 2.10. The molecule has 2 aromatic rings. The van der Waals surface area contributed by atoms with Crippen molar-refractivity contribution in [1.82, 2.24) is 4.57 Å².